The number of nitrogens with zero attached hydrogens (tertiary/aromatic N) is 2. The number of aliphatic imine (C=N–C) groups is 1. The van der Waals surface area contributed by atoms with Crippen molar-refractivity contribution in [1.29, 1.82) is 0 Å². The summed E-state index contributed by atoms with van der Waals surface area (Å²) in [6.45, 7) is 1.70. The summed E-state index contributed by atoms with van der Waals surface area (Å²) in [5.41, 5.74) is 4.31. The summed E-state index contributed by atoms with van der Waals surface area (Å²) in [7, 11) is 0. The van der Waals surface area contributed by atoms with Gasteiger partial charge in [0.05, 0.1) is 10.6 Å². The first-order valence-electron chi connectivity index (χ1n) is 8.65. The van der Waals surface area contributed by atoms with E-state index in [0.717, 1.165) is 38.3 Å². The van der Waals surface area contributed by atoms with Crippen molar-refractivity contribution in [2.45, 2.75) is 13.5 Å². The number of hydrogen-bond acceptors (Lipinski definition) is 5. The lowest BCUT2D eigenvalue weighted by atomic mass is 10.1. The van der Waals surface area contributed by atoms with Crippen molar-refractivity contribution in [3.05, 3.63) is 74.2 Å². The third-order valence-corrected chi connectivity index (χ3v) is 5.29. The summed E-state index contributed by atoms with van der Waals surface area (Å²) in [6.07, 6.45) is 3.41. The predicted octanol–water partition coefficient (Wildman–Crippen LogP) is 3.82. The quantitative estimate of drug-likeness (QED) is 0.709. The van der Waals surface area contributed by atoms with Crippen LogP contribution in [-0.4, -0.2) is 21.8 Å². The van der Waals surface area contributed by atoms with Gasteiger partial charge in [0, 0.05) is 23.0 Å². The zero-order chi connectivity index (χ0) is 19.7. The summed E-state index contributed by atoms with van der Waals surface area (Å²) >= 11 is 0.892. The second-order valence-electron chi connectivity index (χ2n) is 6.43. The third kappa shape index (κ3) is 3.52. The van der Waals surface area contributed by atoms with Gasteiger partial charge in [0.15, 0.2) is 0 Å². The second kappa shape index (κ2) is 7.28. The van der Waals surface area contributed by atoms with Crippen LogP contribution in [0.3, 0.4) is 0 Å². The number of thiazole rings is 1. The maximum atomic E-state index is 12.3. The second-order valence-corrected chi connectivity index (χ2v) is 7.42. The molecule has 2 aromatic carbocycles. The highest BCUT2D eigenvalue weighted by Crippen LogP contribution is 2.34. The molecule has 1 aliphatic heterocycles. The van der Waals surface area contributed by atoms with Crippen molar-refractivity contribution in [1.82, 2.24) is 4.57 Å². The molecular formula is C21H17N3O3S. The van der Waals surface area contributed by atoms with Crippen molar-refractivity contribution >= 4 is 46.5 Å². The number of anilines is 1. The molecule has 4 rings (SSSR count). The van der Waals surface area contributed by atoms with Crippen molar-refractivity contribution in [2.24, 2.45) is 4.99 Å². The molecule has 1 amide bonds. The van der Waals surface area contributed by atoms with Crippen LogP contribution >= 0.6 is 11.3 Å². The van der Waals surface area contributed by atoms with Crippen LogP contribution in [0.2, 0.25) is 0 Å². The fourth-order valence-corrected chi connectivity index (χ4v) is 3.76. The van der Waals surface area contributed by atoms with Crippen molar-refractivity contribution in [3.63, 3.8) is 0 Å². The molecule has 0 saturated carbocycles. The van der Waals surface area contributed by atoms with E-state index in [4.69, 9.17) is 0 Å². The topological polar surface area (TPSA) is 83.7 Å². The fourth-order valence-electron chi connectivity index (χ4n) is 2.92. The van der Waals surface area contributed by atoms with Gasteiger partial charge in [-0.25, -0.2) is 0 Å². The minimum absolute atomic E-state index is 0.223. The molecule has 0 spiro atoms. The molecule has 3 aromatic rings. The molecule has 0 atom stereocenters. The Balaban J connectivity index is 1.56. The number of carbonyl (C=O) groups is 1. The van der Waals surface area contributed by atoms with E-state index >= 15 is 0 Å². The number of aromatic nitrogens is 1. The Labute approximate surface area is 165 Å². The number of aryl methyl sites for hydroxylation is 1. The van der Waals surface area contributed by atoms with E-state index in [2.05, 4.69) is 10.3 Å². The Morgan fingerprint density at radius 2 is 1.96 bits per heavy atom. The van der Waals surface area contributed by atoms with E-state index in [0.29, 0.717) is 10.6 Å². The highest BCUT2D eigenvalue weighted by Gasteiger charge is 2.18. The van der Waals surface area contributed by atoms with Gasteiger partial charge in [-0.1, -0.05) is 47.2 Å². The van der Waals surface area contributed by atoms with Crippen LogP contribution in [0, 0.1) is 6.92 Å². The van der Waals surface area contributed by atoms with Crippen LogP contribution in [0.1, 0.15) is 16.0 Å². The number of nitrogens with one attached hydrogen (secondary N) is 1. The third-order valence-electron chi connectivity index (χ3n) is 4.38. The number of hydrogen-bond donors (Lipinski definition) is 2. The summed E-state index contributed by atoms with van der Waals surface area (Å²) in [6, 6.07) is 15.0. The summed E-state index contributed by atoms with van der Waals surface area (Å²) in [5.74, 6) is -0.606. The number of carbonyl (C=O) groups excluding carboxylic acids is 1. The number of aromatic hydroxyl groups is 1. The van der Waals surface area contributed by atoms with E-state index in [1.165, 1.54) is 0 Å². The zero-order valence-electron chi connectivity index (χ0n) is 15.0. The fraction of sp³-hybridized carbons (Fsp3) is 0.0952. The average molecular weight is 391 g/mol. The molecule has 0 radical (unpaired) electrons. The molecule has 0 bridgehead atoms. The normalized spacial score (nSPS) is 13.7. The standard InChI is InChI=1S/C21H17N3O3S/c1-13-6-8-15(9-7-13)23-19(25)12-24-20(26)18(28-21(24)27)10-14-11-22-17-5-3-2-4-16(14)17/h2-11,26H,12H2,1H3,(H,23,25)/b14-10-. The van der Waals surface area contributed by atoms with Crippen molar-refractivity contribution in [3.8, 4) is 5.88 Å². The number of para-hydroxylation sites is 1. The van der Waals surface area contributed by atoms with Gasteiger partial charge in [0.2, 0.25) is 11.8 Å². The molecule has 0 saturated heterocycles. The molecule has 1 aliphatic rings. The number of allylic oxidation sites excluding steroid dienone is 1. The molecule has 2 heterocycles. The van der Waals surface area contributed by atoms with Gasteiger partial charge in [-0.15, -0.1) is 0 Å². The number of benzene rings is 2. The minimum atomic E-state index is -0.397. The van der Waals surface area contributed by atoms with E-state index < -0.39 is 4.87 Å². The molecule has 1 aromatic heterocycles. The van der Waals surface area contributed by atoms with Gasteiger partial charge in [-0.3, -0.25) is 19.1 Å². The highest BCUT2D eigenvalue weighted by atomic mass is 32.1. The van der Waals surface area contributed by atoms with E-state index in [-0.39, 0.29) is 18.3 Å². The van der Waals surface area contributed by atoms with Crippen molar-refractivity contribution in [2.75, 3.05) is 5.32 Å². The lowest BCUT2D eigenvalue weighted by Crippen LogP contribution is -2.24. The molecule has 2 N–H and O–H groups in total. The van der Waals surface area contributed by atoms with Crippen LogP contribution in [-0.2, 0) is 11.3 Å². The van der Waals surface area contributed by atoms with Gasteiger partial charge in [0.1, 0.15) is 6.54 Å². The maximum Gasteiger partial charge on any atom is 0.311 e. The average Bonchev–Trinajstić information content (AvgIpc) is 3.20. The highest BCUT2D eigenvalue weighted by molar-refractivity contribution is 7.10. The molecule has 0 aliphatic carbocycles. The van der Waals surface area contributed by atoms with Gasteiger partial charge in [-0.2, -0.15) is 0 Å². The Hall–Kier alpha value is -3.45. The first kappa shape index (κ1) is 17.9. The smallest absolute Gasteiger partial charge is 0.311 e. The van der Waals surface area contributed by atoms with Crippen LogP contribution in [0.5, 0.6) is 5.88 Å². The number of fused-ring (bicyclic) bond motifs is 1. The molecule has 6 nitrogen and oxygen atoms in total. The van der Waals surface area contributed by atoms with E-state index in [9.17, 15) is 14.7 Å². The Bertz CT molecular complexity index is 1170. The van der Waals surface area contributed by atoms with Crippen LogP contribution in [0.4, 0.5) is 11.4 Å². The molecule has 7 heteroatoms. The number of amides is 1. The zero-order valence-corrected chi connectivity index (χ0v) is 15.9. The number of rotatable bonds is 4. The lowest BCUT2D eigenvalue weighted by molar-refractivity contribution is -0.116. The first-order valence-corrected chi connectivity index (χ1v) is 9.47. The van der Waals surface area contributed by atoms with Gasteiger partial charge < -0.3 is 10.4 Å². The molecule has 28 heavy (non-hydrogen) atoms. The van der Waals surface area contributed by atoms with Crippen molar-refractivity contribution < 1.29 is 9.90 Å². The molecule has 140 valence electrons. The summed E-state index contributed by atoms with van der Waals surface area (Å²) in [5, 5.41) is 13.2. The van der Waals surface area contributed by atoms with Crippen LogP contribution in [0.25, 0.3) is 11.6 Å². The minimum Gasteiger partial charge on any atom is -0.493 e. The Morgan fingerprint density at radius 3 is 2.75 bits per heavy atom. The first-order chi connectivity index (χ1) is 13.5. The van der Waals surface area contributed by atoms with Gasteiger partial charge in [-0.05, 0) is 31.2 Å². The Kier molecular flexibility index (Phi) is 4.67. The lowest BCUT2D eigenvalue weighted by Gasteiger charge is -2.07. The predicted molar refractivity (Wildman–Crippen MR) is 113 cm³/mol. The maximum absolute atomic E-state index is 12.3. The monoisotopic (exact) mass is 391 g/mol. The van der Waals surface area contributed by atoms with E-state index in [1.807, 2.05) is 43.3 Å². The van der Waals surface area contributed by atoms with Gasteiger partial charge >= 0.3 is 4.87 Å². The van der Waals surface area contributed by atoms with Crippen LogP contribution < -0.4 is 10.2 Å². The summed E-state index contributed by atoms with van der Waals surface area (Å²) in [4.78, 5) is 28.9. The molecular weight excluding hydrogens is 374 g/mol. The molecule has 0 fully saturated rings. The largest absolute Gasteiger partial charge is 0.493 e. The van der Waals surface area contributed by atoms with Gasteiger partial charge in [0.25, 0.3) is 0 Å². The van der Waals surface area contributed by atoms with Crippen LogP contribution in [0.15, 0.2) is 58.3 Å². The Morgan fingerprint density at radius 1 is 1.21 bits per heavy atom. The van der Waals surface area contributed by atoms with E-state index in [1.54, 1.807) is 24.4 Å². The SMILES string of the molecule is Cc1ccc(NC(=O)Cn2c(O)c(/C=C3/C=Nc4ccccc43)sc2=O)cc1. The summed E-state index contributed by atoms with van der Waals surface area (Å²) < 4.78 is 1.07. The molecule has 0 unspecified atom stereocenters.